The van der Waals surface area contributed by atoms with Crippen LogP contribution in [-0.2, 0) is 0 Å². The van der Waals surface area contributed by atoms with E-state index in [4.69, 9.17) is 4.74 Å². The molecule has 0 aromatic heterocycles. The molecule has 1 aliphatic carbocycles. The molecule has 1 aromatic rings. The first-order valence-electron chi connectivity index (χ1n) is 7.55. The Balaban J connectivity index is 2.05. The van der Waals surface area contributed by atoms with E-state index in [0.717, 1.165) is 24.1 Å². The second kappa shape index (κ2) is 6.59. The van der Waals surface area contributed by atoms with Crippen molar-refractivity contribution in [3.8, 4) is 5.75 Å². The van der Waals surface area contributed by atoms with Crippen LogP contribution < -0.4 is 10.1 Å². The molecule has 0 radical (unpaired) electrons. The Hall–Kier alpha value is -1.06. The number of hydrogen-bond donors (Lipinski definition) is 1. The van der Waals surface area contributed by atoms with Crippen molar-refractivity contribution in [1.82, 2.24) is 10.2 Å². The minimum Gasteiger partial charge on any atom is -0.496 e. The van der Waals surface area contributed by atoms with Gasteiger partial charge in [-0.3, -0.25) is 0 Å². The summed E-state index contributed by atoms with van der Waals surface area (Å²) in [6.45, 7) is 6.69. The number of nitrogens with zero attached hydrogens (tertiary/aromatic N) is 1. The van der Waals surface area contributed by atoms with E-state index in [1.54, 1.807) is 7.11 Å². The highest BCUT2D eigenvalue weighted by Crippen LogP contribution is 2.38. The van der Waals surface area contributed by atoms with Gasteiger partial charge >= 0.3 is 0 Å². The molecule has 0 heterocycles. The number of methoxy groups -OCH3 is 1. The van der Waals surface area contributed by atoms with Crippen LogP contribution >= 0.6 is 0 Å². The third kappa shape index (κ3) is 3.74. The van der Waals surface area contributed by atoms with Crippen LogP contribution in [0.4, 0.5) is 0 Å². The van der Waals surface area contributed by atoms with Gasteiger partial charge in [-0.1, -0.05) is 24.6 Å². The van der Waals surface area contributed by atoms with Gasteiger partial charge in [-0.25, -0.2) is 0 Å². The average Bonchev–Trinajstić information content (AvgIpc) is 3.11. The van der Waals surface area contributed by atoms with Gasteiger partial charge in [0.2, 0.25) is 0 Å². The largest absolute Gasteiger partial charge is 0.496 e. The molecule has 1 fully saturated rings. The summed E-state index contributed by atoms with van der Waals surface area (Å²) in [6, 6.07) is 6.71. The summed E-state index contributed by atoms with van der Waals surface area (Å²) < 4.78 is 5.52. The Bertz CT molecular complexity index is 447. The number of likely N-dealkylation sites (N-methyl/N-ethyl adjacent to an activating group) is 2. The fourth-order valence-corrected chi connectivity index (χ4v) is 2.91. The van der Waals surface area contributed by atoms with Crippen LogP contribution in [0.1, 0.15) is 30.5 Å². The van der Waals surface area contributed by atoms with Crippen LogP contribution in [0.15, 0.2) is 18.2 Å². The Morgan fingerprint density at radius 3 is 2.70 bits per heavy atom. The smallest absolute Gasteiger partial charge is 0.123 e. The van der Waals surface area contributed by atoms with Crippen molar-refractivity contribution >= 4 is 0 Å². The van der Waals surface area contributed by atoms with Gasteiger partial charge in [0.05, 0.1) is 7.11 Å². The Morgan fingerprint density at radius 1 is 1.45 bits per heavy atom. The summed E-state index contributed by atoms with van der Waals surface area (Å²) in [5.41, 5.74) is 2.53. The molecule has 3 heteroatoms. The minimum absolute atomic E-state index is 0.309. The molecule has 0 bridgehead atoms. The normalized spacial score (nSPS) is 22.9. The molecule has 1 N–H and O–H groups in total. The number of nitrogens with one attached hydrogen (secondary N) is 1. The van der Waals surface area contributed by atoms with Crippen LogP contribution in [0.3, 0.4) is 0 Å². The fourth-order valence-electron chi connectivity index (χ4n) is 2.91. The number of rotatable bonds is 7. The van der Waals surface area contributed by atoms with Gasteiger partial charge in [0, 0.05) is 24.7 Å². The van der Waals surface area contributed by atoms with Gasteiger partial charge in [-0.15, -0.1) is 0 Å². The maximum absolute atomic E-state index is 5.52. The first-order chi connectivity index (χ1) is 9.55. The zero-order chi connectivity index (χ0) is 14.7. The predicted molar refractivity (Wildman–Crippen MR) is 84.3 cm³/mol. The lowest BCUT2D eigenvalue weighted by Crippen LogP contribution is -2.33. The van der Waals surface area contributed by atoms with Crippen molar-refractivity contribution in [2.75, 3.05) is 34.3 Å². The van der Waals surface area contributed by atoms with E-state index in [1.807, 2.05) is 7.05 Å². The quantitative estimate of drug-likeness (QED) is 0.829. The van der Waals surface area contributed by atoms with Crippen molar-refractivity contribution in [2.24, 2.45) is 11.8 Å². The standard InChI is InChI=1S/C17H28N2O/c1-12-6-7-17(20-5)15(8-12)16(18-3)11-19(4)10-14-9-13(14)2/h6-8,13-14,16,18H,9-11H2,1-5H3. The van der Waals surface area contributed by atoms with Gasteiger partial charge in [0.15, 0.2) is 0 Å². The zero-order valence-electron chi connectivity index (χ0n) is 13.4. The number of aryl methyl sites for hydroxylation is 1. The van der Waals surface area contributed by atoms with Gasteiger partial charge < -0.3 is 15.0 Å². The Morgan fingerprint density at radius 2 is 2.15 bits per heavy atom. The predicted octanol–water partition coefficient (Wildman–Crippen LogP) is 2.85. The Labute approximate surface area is 123 Å². The molecule has 0 spiro atoms. The molecule has 20 heavy (non-hydrogen) atoms. The van der Waals surface area contributed by atoms with E-state index < -0.39 is 0 Å². The highest BCUT2D eigenvalue weighted by atomic mass is 16.5. The summed E-state index contributed by atoms with van der Waals surface area (Å²) in [6.07, 6.45) is 1.39. The van der Waals surface area contributed by atoms with E-state index in [2.05, 4.69) is 49.3 Å². The number of ether oxygens (including phenoxy) is 1. The summed E-state index contributed by atoms with van der Waals surface area (Å²) >= 11 is 0. The maximum Gasteiger partial charge on any atom is 0.123 e. The van der Waals surface area contributed by atoms with Crippen molar-refractivity contribution in [2.45, 2.75) is 26.3 Å². The SMILES string of the molecule is CNC(CN(C)CC1CC1C)c1cc(C)ccc1OC. The van der Waals surface area contributed by atoms with Gasteiger partial charge in [-0.05, 0) is 45.3 Å². The molecule has 1 aliphatic rings. The van der Waals surface area contributed by atoms with Crippen LogP contribution in [0.2, 0.25) is 0 Å². The third-order valence-electron chi connectivity index (χ3n) is 4.43. The van der Waals surface area contributed by atoms with E-state index in [9.17, 15) is 0 Å². The highest BCUT2D eigenvalue weighted by molar-refractivity contribution is 5.39. The topological polar surface area (TPSA) is 24.5 Å². The first kappa shape index (κ1) is 15.3. The van der Waals surface area contributed by atoms with Gasteiger partial charge in [0.1, 0.15) is 5.75 Å². The van der Waals surface area contributed by atoms with E-state index >= 15 is 0 Å². The third-order valence-corrected chi connectivity index (χ3v) is 4.43. The van der Waals surface area contributed by atoms with Crippen LogP contribution in [-0.4, -0.2) is 39.2 Å². The molecule has 1 aromatic carbocycles. The van der Waals surface area contributed by atoms with E-state index in [0.29, 0.717) is 6.04 Å². The second-order valence-corrected chi connectivity index (χ2v) is 6.28. The summed E-state index contributed by atoms with van der Waals surface area (Å²) in [4.78, 5) is 2.44. The molecular weight excluding hydrogens is 248 g/mol. The minimum atomic E-state index is 0.309. The molecule has 0 saturated heterocycles. The lowest BCUT2D eigenvalue weighted by Gasteiger charge is -2.25. The monoisotopic (exact) mass is 276 g/mol. The molecule has 3 unspecified atom stereocenters. The van der Waals surface area contributed by atoms with Crippen molar-refractivity contribution < 1.29 is 4.74 Å². The van der Waals surface area contributed by atoms with Crippen LogP contribution in [0.5, 0.6) is 5.75 Å². The molecule has 2 rings (SSSR count). The molecule has 112 valence electrons. The fraction of sp³-hybridized carbons (Fsp3) is 0.647. The molecule has 3 atom stereocenters. The van der Waals surface area contributed by atoms with Crippen molar-refractivity contribution in [3.05, 3.63) is 29.3 Å². The zero-order valence-corrected chi connectivity index (χ0v) is 13.4. The van der Waals surface area contributed by atoms with Gasteiger partial charge in [0.25, 0.3) is 0 Å². The molecule has 1 saturated carbocycles. The summed E-state index contributed by atoms with van der Waals surface area (Å²) in [5.74, 6) is 2.79. The molecule has 0 amide bonds. The lowest BCUT2D eigenvalue weighted by atomic mass is 10.0. The van der Waals surface area contributed by atoms with Gasteiger partial charge in [-0.2, -0.15) is 0 Å². The first-order valence-corrected chi connectivity index (χ1v) is 7.55. The lowest BCUT2D eigenvalue weighted by molar-refractivity contribution is 0.278. The van der Waals surface area contributed by atoms with E-state index in [-0.39, 0.29) is 0 Å². The maximum atomic E-state index is 5.52. The Kier molecular flexibility index (Phi) is 5.06. The number of benzene rings is 1. The van der Waals surface area contributed by atoms with E-state index in [1.165, 1.54) is 24.1 Å². The highest BCUT2D eigenvalue weighted by Gasteiger charge is 2.33. The molecular formula is C17H28N2O. The average molecular weight is 276 g/mol. The number of hydrogen-bond acceptors (Lipinski definition) is 3. The molecule has 0 aliphatic heterocycles. The van der Waals surface area contributed by atoms with Crippen LogP contribution in [0.25, 0.3) is 0 Å². The van der Waals surface area contributed by atoms with Crippen LogP contribution in [0, 0.1) is 18.8 Å². The van der Waals surface area contributed by atoms with Crippen molar-refractivity contribution in [1.29, 1.82) is 0 Å². The summed E-state index contributed by atoms with van der Waals surface area (Å²) in [7, 11) is 5.99. The second-order valence-electron chi connectivity index (χ2n) is 6.28. The molecule has 3 nitrogen and oxygen atoms in total. The summed E-state index contributed by atoms with van der Waals surface area (Å²) in [5, 5.41) is 3.43. The van der Waals surface area contributed by atoms with Crippen molar-refractivity contribution in [3.63, 3.8) is 0 Å².